The summed E-state index contributed by atoms with van der Waals surface area (Å²) in [6.45, 7) is 5.68. The molecule has 3 fully saturated rings. The fourth-order valence-corrected chi connectivity index (χ4v) is 6.94. The molecule has 2 atom stereocenters. The average Bonchev–Trinajstić information content (AvgIpc) is 3.51. The Morgan fingerprint density at radius 1 is 1.19 bits per heavy atom. The van der Waals surface area contributed by atoms with Gasteiger partial charge in [-0.05, 0) is 88.5 Å². The van der Waals surface area contributed by atoms with E-state index in [0.717, 1.165) is 35.2 Å². The predicted octanol–water partition coefficient (Wildman–Crippen LogP) is 2.73. The maximum atomic E-state index is 13.7. The van der Waals surface area contributed by atoms with Crippen LogP contribution in [0, 0.1) is 5.92 Å². The highest BCUT2D eigenvalue weighted by Crippen LogP contribution is 2.42. The van der Waals surface area contributed by atoms with E-state index in [1.807, 2.05) is 30.0 Å². The van der Waals surface area contributed by atoms with Gasteiger partial charge in [0.05, 0.1) is 28.6 Å². The Bertz CT molecular complexity index is 1570. The van der Waals surface area contributed by atoms with Gasteiger partial charge in [-0.3, -0.25) is 9.59 Å². The van der Waals surface area contributed by atoms with Crippen LogP contribution in [-0.4, -0.2) is 78.4 Å². The number of hydrogen-bond acceptors (Lipinski definition) is 8. The van der Waals surface area contributed by atoms with Crippen LogP contribution in [0.5, 0.6) is 0 Å². The molecular weight excluding hydrogens is 534 g/mol. The van der Waals surface area contributed by atoms with Crippen molar-refractivity contribution >= 4 is 29.0 Å². The minimum absolute atomic E-state index is 0.0520. The number of benzene rings is 1. The zero-order valence-corrected chi connectivity index (χ0v) is 24.2. The minimum Gasteiger partial charge on any atom is -0.391 e. The molecule has 4 aliphatic rings. The number of nitrogens with one attached hydrogen (secondary N) is 1. The van der Waals surface area contributed by atoms with Crippen molar-refractivity contribution in [1.29, 1.82) is 0 Å². The molecule has 5 N–H and O–H groups in total. The van der Waals surface area contributed by atoms with Gasteiger partial charge in [-0.25, -0.2) is 9.50 Å². The van der Waals surface area contributed by atoms with Crippen molar-refractivity contribution in [2.45, 2.75) is 89.1 Å². The summed E-state index contributed by atoms with van der Waals surface area (Å²) in [5.41, 5.74) is 10.1. The molecule has 2 aliphatic heterocycles. The minimum atomic E-state index is -0.694. The standard InChI is InChI=1S/C31H39N7O4/c1-17(18-3-4-18)37-15-20-13-19(14-24(25(20)30(37)41)36-11-7-22(39)16-36)23-8-12-38-28(34-23)26(27(32)35-38)29(40)33-21-5-9-31(2,42)10-6-21/h8,12-14,17-18,21-22,39,42H,3-7,9-11,15-16H2,1-2H3,(H2,32,35)(H,33,40)/t17-,21-,22+,31+/m0/s1. The quantitative estimate of drug-likeness (QED) is 0.352. The van der Waals surface area contributed by atoms with E-state index in [1.54, 1.807) is 6.20 Å². The molecule has 2 saturated carbocycles. The lowest BCUT2D eigenvalue weighted by molar-refractivity contribution is 0.0140. The number of amides is 2. The van der Waals surface area contributed by atoms with Gasteiger partial charge in [0, 0.05) is 43.5 Å². The molecule has 0 spiro atoms. The third-order valence-electron chi connectivity index (χ3n) is 9.75. The molecule has 1 aromatic carbocycles. The zero-order valence-electron chi connectivity index (χ0n) is 24.2. The molecule has 4 heterocycles. The summed E-state index contributed by atoms with van der Waals surface area (Å²) in [6, 6.07) is 6.01. The fraction of sp³-hybridized carbons (Fsp3) is 0.548. The summed E-state index contributed by atoms with van der Waals surface area (Å²) in [7, 11) is 0. The summed E-state index contributed by atoms with van der Waals surface area (Å²) >= 11 is 0. The van der Waals surface area contributed by atoms with Crippen molar-refractivity contribution in [2.75, 3.05) is 23.7 Å². The van der Waals surface area contributed by atoms with E-state index >= 15 is 0 Å². The normalized spacial score (nSPS) is 26.6. The maximum Gasteiger partial charge on any atom is 0.259 e. The Balaban J connectivity index is 1.24. The van der Waals surface area contributed by atoms with Gasteiger partial charge in [0.1, 0.15) is 5.56 Å². The molecular formula is C31H39N7O4. The number of nitrogens with two attached hydrogens (primary N) is 1. The number of rotatable bonds is 6. The number of carbonyl (C=O) groups is 2. The number of aromatic nitrogens is 3. The molecule has 0 bridgehead atoms. The molecule has 11 nitrogen and oxygen atoms in total. The number of hydrogen-bond donors (Lipinski definition) is 4. The number of nitrogen functional groups attached to an aromatic ring is 1. The van der Waals surface area contributed by atoms with E-state index in [9.17, 15) is 19.8 Å². The third-order valence-corrected chi connectivity index (χ3v) is 9.75. The zero-order chi connectivity index (χ0) is 29.3. The van der Waals surface area contributed by atoms with Gasteiger partial charge in [0.15, 0.2) is 11.5 Å². The van der Waals surface area contributed by atoms with Crippen molar-refractivity contribution in [3.05, 3.63) is 41.1 Å². The van der Waals surface area contributed by atoms with E-state index in [0.29, 0.717) is 69.0 Å². The largest absolute Gasteiger partial charge is 0.391 e. The smallest absolute Gasteiger partial charge is 0.259 e. The number of aliphatic hydroxyl groups is 2. The van der Waals surface area contributed by atoms with E-state index in [2.05, 4.69) is 22.2 Å². The highest BCUT2D eigenvalue weighted by atomic mass is 16.3. The first-order valence-corrected chi connectivity index (χ1v) is 15.2. The van der Waals surface area contributed by atoms with E-state index in [1.165, 1.54) is 4.52 Å². The van der Waals surface area contributed by atoms with Crippen molar-refractivity contribution < 1.29 is 19.8 Å². The van der Waals surface area contributed by atoms with Crippen LogP contribution in [0.25, 0.3) is 16.9 Å². The molecule has 42 heavy (non-hydrogen) atoms. The molecule has 2 amide bonds. The Labute approximate surface area is 244 Å². The summed E-state index contributed by atoms with van der Waals surface area (Å²) in [4.78, 5) is 36.1. The van der Waals surface area contributed by atoms with Crippen molar-refractivity contribution in [3.63, 3.8) is 0 Å². The molecule has 3 aromatic rings. The first-order valence-electron chi connectivity index (χ1n) is 15.2. The Morgan fingerprint density at radius 3 is 2.64 bits per heavy atom. The summed E-state index contributed by atoms with van der Waals surface area (Å²) in [6.07, 6.45) is 6.93. The number of nitrogens with zero attached hydrogens (tertiary/aromatic N) is 5. The predicted molar refractivity (Wildman–Crippen MR) is 158 cm³/mol. The van der Waals surface area contributed by atoms with Gasteiger partial charge in [-0.2, -0.15) is 0 Å². The average molecular weight is 574 g/mol. The highest BCUT2D eigenvalue weighted by molar-refractivity contribution is 6.06. The molecule has 0 radical (unpaired) electrons. The van der Waals surface area contributed by atoms with E-state index in [4.69, 9.17) is 10.7 Å². The van der Waals surface area contributed by atoms with Crippen molar-refractivity contribution in [2.24, 2.45) is 5.92 Å². The first kappa shape index (κ1) is 27.2. The van der Waals surface area contributed by atoms with Crippen LogP contribution in [0.1, 0.15) is 85.1 Å². The number of aliphatic hydroxyl groups excluding tert-OH is 1. The van der Waals surface area contributed by atoms with Crippen LogP contribution >= 0.6 is 0 Å². The number of anilines is 2. The van der Waals surface area contributed by atoms with Crippen molar-refractivity contribution in [3.8, 4) is 11.3 Å². The number of fused-ring (bicyclic) bond motifs is 2. The van der Waals surface area contributed by atoms with E-state index < -0.39 is 11.7 Å². The van der Waals surface area contributed by atoms with E-state index in [-0.39, 0.29) is 35.3 Å². The van der Waals surface area contributed by atoms with Crippen LogP contribution < -0.4 is 16.0 Å². The van der Waals surface area contributed by atoms with Gasteiger partial charge in [-0.15, -0.1) is 5.10 Å². The summed E-state index contributed by atoms with van der Waals surface area (Å²) < 4.78 is 1.52. The number of β-amino-alcohol motifs (C(OH)–C–C–N with tert-alkyl or cyclic N) is 1. The molecule has 222 valence electrons. The lowest BCUT2D eigenvalue weighted by Crippen LogP contribution is -2.42. The molecule has 11 heteroatoms. The van der Waals surface area contributed by atoms with Crippen LogP contribution in [0.3, 0.4) is 0 Å². The Hall–Kier alpha value is -3.70. The summed E-state index contributed by atoms with van der Waals surface area (Å²) in [5.74, 6) is 0.399. The van der Waals surface area contributed by atoms with Crippen LogP contribution in [-0.2, 0) is 6.54 Å². The van der Waals surface area contributed by atoms with Crippen LogP contribution in [0.15, 0.2) is 24.4 Å². The topological polar surface area (TPSA) is 149 Å². The Morgan fingerprint density at radius 2 is 1.95 bits per heavy atom. The fourth-order valence-electron chi connectivity index (χ4n) is 6.94. The molecule has 2 aromatic heterocycles. The lowest BCUT2D eigenvalue weighted by Gasteiger charge is -2.33. The maximum absolute atomic E-state index is 13.7. The lowest BCUT2D eigenvalue weighted by atomic mass is 9.83. The van der Waals surface area contributed by atoms with Gasteiger partial charge in [-0.1, -0.05) is 0 Å². The second-order valence-electron chi connectivity index (χ2n) is 13.0. The SMILES string of the molecule is C[C@@H](C1CC1)N1Cc2cc(-c3ccn4nc(N)c(C(=O)N[C@H]5CC[C@@](C)(O)CC5)c4n3)cc(N3CC[C@@H](O)C3)c2C1=O. The molecule has 0 unspecified atom stereocenters. The van der Waals surface area contributed by atoms with Gasteiger partial charge >= 0.3 is 0 Å². The molecule has 7 rings (SSSR count). The first-order chi connectivity index (χ1) is 20.1. The Kier molecular flexibility index (Phi) is 6.43. The van der Waals surface area contributed by atoms with Gasteiger partial charge in [0.25, 0.3) is 11.8 Å². The van der Waals surface area contributed by atoms with Crippen molar-refractivity contribution in [1.82, 2.24) is 24.8 Å². The number of carbonyl (C=O) groups excluding carboxylic acids is 2. The van der Waals surface area contributed by atoms with Gasteiger partial charge < -0.3 is 31.1 Å². The third kappa shape index (κ3) is 4.78. The summed E-state index contributed by atoms with van der Waals surface area (Å²) in [5, 5.41) is 28.0. The molecule has 1 saturated heterocycles. The van der Waals surface area contributed by atoms with Crippen LogP contribution in [0.2, 0.25) is 0 Å². The monoisotopic (exact) mass is 573 g/mol. The van der Waals surface area contributed by atoms with Gasteiger partial charge in [0.2, 0.25) is 0 Å². The second kappa shape index (κ2) is 9.95. The molecule has 2 aliphatic carbocycles. The highest BCUT2D eigenvalue weighted by Gasteiger charge is 2.41. The second-order valence-corrected chi connectivity index (χ2v) is 13.0. The van der Waals surface area contributed by atoms with Crippen LogP contribution in [0.4, 0.5) is 11.5 Å².